The number of ether oxygens (including phenoxy) is 1. The Balaban J connectivity index is 2.22. The number of benzene rings is 1. The predicted octanol–water partition coefficient (Wildman–Crippen LogP) is 2.99. The zero-order valence-corrected chi connectivity index (χ0v) is 16.6. The topological polar surface area (TPSA) is 84.0 Å². The maximum absolute atomic E-state index is 12.5. The van der Waals surface area contributed by atoms with E-state index in [0.29, 0.717) is 30.5 Å². The number of rotatable bonds is 9. The third-order valence-corrected chi connectivity index (χ3v) is 5.01. The fourth-order valence-electron chi connectivity index (χ4n) is 2.47. The van der Waals surface area contributed by atoms with Crippen molar-refractivity contribution in [3.8, 4) is 23.2 Å². The predicted molar refractivity (Wildman–Crippen MR) is 105 cm³/mol. The van der Waals surface area contributed by atoms with E-state index in [1.165, 1.54) is 11.8 Å². The van der Waals surface area contributed by atoms with Crippen LogP contribution in [0.1, 0.15) is 13.3 Å². The van der Waals surface area contributed by atoms with Gasteiger partial charge in [-0.15, -0.1) is 16.8 Å². The molecule has 0 bridgehead atoms. The number of amides is 1. The van der Waals surface area contributed by atoms with Crippen LogP contribution < -0.4 is 4.74 Å². The smallest absolute Gasteiger partial charge is 0.235 e. The molecule has 0 saturated heterocycles. The van der Waals surface area contributed by atoms with Crippen LogP contribution in [-0.4, -0.2) is 51.5 Å². The average Bonchev–Trinajstić information content (AvgIpc) is 3.08. The first-order valence-corrected chi connectivity index (χ1v) is 9.36. The molecule has 1 aromatic heterocycles. The number of aromatic nitrogens is 3. The molecule has 0 spiro atoms. The molecule has 0 fully saturated rings. The average molecular weight is 385 g/mol. The molecular weight excluding hydrogens is 362 g/mol. The zero-order chi connectivity index (χ0) is 19.8. The Morgan fingerprint density at radius 1 is 1.44 bits per heavy atom. The van der Waals surface area contributed by atoms with Crippen molar-refractivity contribution in [3.63, 3.8) is 0 Å². The van der Waals surface area contributed by atoms with Gasteiger partial charge in [0.25, 0.3) is 0 Å². The van der Waals surface area contributed by atoms with Crippen LogP contribution in [-0.2, 0) is 11.3 Å². The van der Waals surface area contributed by atoms with Gasteiger partial charge in [0.1, 0.15) is 5.75 Å². The molecule has 1 amide bonds. The van der Waals surface area contributed by atoms with Crippen molar-refractivity contribution in [3.05, 3.63) is 36.9 Å². The Morgan fingerprint density at radius 3 is 2.74 bits per heavy atom. The van der Waals surface area contributed by atoms with Crippen molar-refractivity contribution in [2.75, 3.05) is 20.7 Å². The monoisotopic (exact) mass is 385 g/mol. The number of hydrogen-bond acceptors (Lipinski definition) is 6. The summed E-state index contributed by atoms with van der Waals surface area (Å²) in [5, 5.41) is 17.6. The first-order chi connectivity index (χ1) is 13.0. The molecule has 1 aromatic carbocycles. The first-order valence-electron chi connectivity index (χ1n) is 8.49. The van der Waals surface area contributed by atoms with Crippen molar-refractivity contribution in [2.24, 2.45) is 0 Å². The second-order valence-electron chi connectivity index (χ2n) is 5.86. The van der Waals surface area contributed by atoms with Crippen molar-refractivity contribution in [1.82, 2.24) is 19.7 Å². The van der Waals surface area contributed by atoms with E-state index in [4.69, 9.17) is 10.00 Å². The third-order valence-electron chi connectivity index (χ3n) is 3.94. The van der Waals surface area contributed by atoms with E-state index >= 15 is 0 Å². The Bertz CT molecular complexity index is 826. The highest BCUT2D eigenvalue weighted by Crippen LogP contribution is 2.28. The van der Waals surface area contributed by atoms with Gasteiger partial charge in [-0.2, -0.15) is 5.26 Å². The highest BCUT2D eigenvalue weighted by molar-refractivity contribution is 8.00. The van der Waals surface area contributed by atoms with Crippen LogP contribution >= 0.6 is 11.8 Å². The molecule has 0 radical (unpaired) electrons. The molecular formula is C19H23N5O2S. The van der Waals surface area contributed by atoms with Gasteiger partial charge in [-0.3, -0.25) is 9.36 Å². The fourth-order valence-corrected chi connectivity index (χ4v) is 3.44. The van der Waals surface area contributed by atoms with E-state index in [1.54, 1.807) is 25.1 Å². The van der Waals surface area contributed by atoms with Crippen LogP contribution in [0.25, 0.3) is 11.4 Å². The number of methoxy groups -OCH3 is 1. The van der Waals surface area contributed by atoms with E-state index < -0.39 is 0 Å². The molecule has 0 aliphatic heterocycles. The van der Waals surface area contributed by atoms with Crippen molar-refractivity contribution >= 4 is 17.7 Å². The summed E-state index contributed by atoms with van der Waals surface area (Å²) < 4.78 is 7.12. The van der Waals surface area contributed by atoms with E-state index in [2.05, 4.69) is 22.8 Å². The van der Waals surface area contributed by atoms with Crippen LogP contribution in [0.15, 0.2) is 42.1 Å². The molecule has 0 aliphatic carbocycles. The molecule has 7 nitrogen and oxygen atoms in total. The van der Waals surface area contributed by atoms with Crippen LogP contribution in [0, 0.1) is 11.3 Å². The lowest BCUT2D eigenvalue weighted by Crippen LogP contribution is -2.34. The minimum atomic E-state index is -0.342. The Kier molecular flexibility index (Phi) is 7.44. The Morgan fingerprint density at radius 2 is 2.15 bits per heavy atom. The van der Waals surface area contributed by atoms with Gasteiger partial charge >= 0.3 is 0 Å². The van der Waals surface area contributed by atoms with E-state index in [9.17, 15) is 4.79 Å². The summed E-state index contributed by atoms with van der Waals surface area (Å²) in [4.78, 5) is 14.0. The molecule has 2 aromatic rings. The molecule has 142 valence electrons. The number of carbonyl (C=O) groups is 1. The molecule has 0 aliphatic rings. The Labute approximate surface area is 163 Å². The quantitative estimate of drug-likeness (QED) is 0.487. The number of carbonyl (C=O) groups excluding carboxylic acids is 1. The van der Waals surface area contributed by atoms with Crippen LogP contribution in [0.3, 0.4) is 0 Å². The standard InChI is InChI=1S/C19H23N5O2S/c1-5-12-24-17(15-7-9-16(26-4)10-8-15)21-22-19(24)27-14(2)18(25)23(3)13-6-11-20/h5,7-10,14H,1,6,12-13H2,2-4H3/t14-/m0/s1. The number of nitrogens with zero attached hydrogens (tertiary/aromatic N) is 5. The van der Waals surface area contributed by atoms with E-state index in [-0.39, 0.29) is 11.2 Å². The van der Waals surface area contributed by atoms with Gasteiger partial charge in [0.15, 0.2) is 11.0 Å². The highest BCUT2D eigenvalue weighted by Gasteiger charge is 2.22. The normalized spacial score (nSPS) is 11.5. The largest absolute Gasteiger partial charge is 0.497 e. The second-order valence-corrected chi connectivity index (χ2v) is 7.17. The van der Waals surface area contributed by atoms with Gasteiger partial charge in [0, 0.05) is 25.7 Å². The molecule has 0 N–H and O–H groups in total. The van der Waals surface area contributed by atoms with Gasteiger partial charge in [0.2, 0.25) is 5.91 Å². The number of thioether (sulfide) groups is 1. The van der Waals surface area contributed by atoms with Crippen LogP contribution in [0.5, 0.6) is 5.75 Å². The SMILES string of the molecule is C=CCn1c(S[C@@H](C)C(=O)N(C)CCC#N)nnc1-c1ccc(OC)cc1. The summed E-state index contributed by atoms with van der Waals surface area (Å²) in [7, 11) is 3.32. The molecule has 2 rings (SSSR count). The molecule has 1 heterocycles. The summed E-state index contributed by atoms with van der Waals surface area (Å²) in [6, 6.07) is 9.62. The summed E-state index contributed by atoms with van der Waals surface area (Å²) in [6.07, 6.45) is 2.08. The van der Waals surface area contributed by atoms with E-state index in [0.717, 1.165) is 11.3 Å². The van der Waals surface area contributed by atoms with Gasteiger partial charge < -0.3 is 9.64 Å². The first kappa shape index (κ1) is 20.5. The van der Waals surface area contributed by atoms with Crippen LogP contribution in [0.4, 0.5) is 0 Å². The van der Waals surface area contributed by atoms with Crippen LogP contribution in [0.2, 0.25) is 0 Å². The number of hydrogen-bond donors (Lipinski definition) is 0. The van der Waals surface area contributed by atoms with Gasteiger partial charge in [-0.25, -0.2) is 0 Å². The maximum Gasteiger partial charge on any atom is 0.235 e. The molecule has 0 unspecified atom stereocenters. The second kappa shape index (κ2) is 9.78. The van der Waals surface area contributed by atoms with Gasteiger partial charge in [-0.05, 0) is 31.2 Å². The summed E-state index contributed by atoms with van der Waals surface area (Å²) in [5.41, 5.74) is 0.905. The summed E-state index contributed by atoms with van der Waals surface area (Å²) in [6.45, 7) is 6.58. The minimum Gasteiger partial charge on any atom is -0.497 e. The molecule has 8 heteroatoms. The van der Waals surface area contributed by atoms with Crippen molar-refractivity contribution < 1.29 is 9.53 Å². The van der Waals surface area contributed by atoms with Gasteiger partial charge in [-0.1, -0.05) is 17.8 Å². The van der Waals surface area contributed by atoms with Crippen molar-refractivity contribution in [2.45, 2.75) is 30.3 Å². The fraction of sp³-hybridized carbons (Fsp3) is 0.368. The molecule has 0 saturated carbocycles. The van der Waals surface area contributed by atoms with Crippen molar-refractivity contribution in [1.29, 1.82) is 5.26 Å². The molecule has 27 heavy (non-hydrogen) atoms. The lowest BCUT2D eigenvalue weighted by Gasteiger charge is -2.19. The maximum atomic E-state index is 12.5. The molecule has 1 atom stereocenters. The van der Waals surface area contributed by atoms with E-state index in [1.807, 2.05) is 35.8 Å². The number of nitriles is 1. The lowest BCUT2D eigenvalue weighted by molar-refractivity contribution is -0.128. The Hall–Kier alpha value is -2.79. The minimum absolute atomic E-state index is 0.0469. The zero-order valence-electron chi connectivity index (χ0n) is 15.8. The lowest BCUT2D eigenvalue weighted by atomic mass is 10.2. The summed E-state index contributed by atoms with van der Waals surface area (Å²) >= 11 is 1.35. The highest BCUT2D eigenvalue weighted by atomic mass is 32.2. The summed E-state index contributed by atoms with van der Waals surface area (Å²) in [5.74, 6) is 1.43. The van der Waals surface area contributed by atoms with Gasteiger partial charge in [0.05, 0.1) is 24.8 Å². The third kappa shape index (κ3) is 5.11. The number of allylic oxidation sites excluding steroid dienone is 1.